The van der Waals surface area contributed by atoms with Gasteiger partial charge in [-0.05, 0) is 43.7 Å². The van der Waals surface area contributed by atoms with Crippen LogP contribution < -0.4 is 4.90 Å². The van der Waals surface area contributed by atoms with Crippen LogP contribution in [0.1, 0.15) is 19.3 Å². The fourth-order valence-corrected chi connectivity index (χ4v) is 3.42. The Hall–Kier alpha value is -1.49. The molecule has 1 aromatic rings. The largest absolute Gasteiger partial charge is 0.329 e. The average molecular weight is 290 g/mol. The maximum Gasteiger partial charge on any atom is 0.250 e. The zero-order chi connectivity index (χ0) is 14.1. The van der Waals surface area contributed by atoms with E-state index >= 15 is 0 Å². The molecule has 0 saturated carbocycles. The number of anilines is 1. The maximum absolute atomic E-state index is 12.6. The second-order valence-corrected chi connectivity index (χ2v) is 6.10. The highest BCUT2D eigenvalue weighted by Crippen LogP contribution is 2.28. The molecule has 2 amide bonds. The van der Waals surface area contributed by atoms with E-state index in [-0.39, 0.29) is 24.4 Å². The second kappa shape index (κ2) is 5.48. The molecule has 2 heterocycles. The average Bonchev–Trinajstić information content (AvgIpc) is 2.51. The Morgan fingerprint density at radius 1 is 1.25 bits per heavy atom. The normalized spacial score (nSPS) is 22.9. The summed E-state index contributed by atoms with van der Waals surface area (Å²) in [7, 11) is 0. The Kier molecular flexibility index (Phi) is 3.70. The van der Waals surface area contributed by atoms with Crippen LogP contribution in [-0.4, -0.2) is 42.1 Å². The Morgan fingerprint density at radius 2 is 2.10 bits per heavy atom. The van der Waals surface area contributed by atoms with E-state index in [0.717, 1.165) is 36.4 Å². The zero-order valence-electron chi connectivity index (χ0n) is 11.5. The Balaban J connectivity index is 1.89. The molecule has 3 rings (SSSR count). The summed E-state index contributed by atoms with van der Waals surface area (Å²) in [5.41, 5.74) is 0.834. The van der Waals surface area contributed by atoms with Crippen molar-refractivity contribution in [3.05, 3.63) is 24.3 Å². The minimum atomic E-state index is -0.247. The fourth-order valence-electron chi connectivity index (χ4n) is 2.97. The second-order valence-electron chi connectivity index (χ2n) is 5.22. The van der Waals surface area contributed by atoms with E-state index in [1.54, 1.807) is 21.6 Å². The van der Waals surface area contributed by atoms with E-state index in [1.165, 1.54) is 0 Å². The van der Waals surface area contributed by atoms with Gasteiger partial charge >= 0.3 is 0 Å². The van der Waals surface area contributed by atoms with Crippen LogP contribution in [0.3, 0.4) is 0 Å². The summed E-state index contributed by atoms with van der Waals surface area (Å²) in [5, 5.41) is 0. The SMILES string of the molecule is CSc1cccc(N2CC(=O)N3CCCCC3C2=O)c1. The van der Waals surface area contributed by atoms with Crippen molar-refractivity contribution in [2.75, 3.05) is 24.2 Å². The number of thioether (sulfide) groups is 1. The van der Waals surface area contributed by atoms with Crippen LogP contribution in [0.5, 0.6) is 0 Å². The Labute approximate surface area is 123 Å². The van der Waals surface area contributed by atoms with Gasteiger partial charge in [0.2, 0.25) is 11.8 Å². The third-order valence-electron chi connectivity index (χ3n) is 4.03. The minimum absolute atomic E-state index is 0.0718. The number of hydrogen-bond donors (Lipinski definition) is 0. The first-order chi connectivity index (χ1) is 9.70. The van der Waals surface area contributed by atoms with E-state index in [0.29, 0.717) is 0 Å². The summed E-state index contributed by atoms with van der Waals surface area (Å²) in [4.78, 5) is 29.4. The number of carbonyl (C=O) groups is 2. The lowest BCUT2D eigenvalue weighted by molar-refractivity contribution is -0.144. The van der Waals surface area contributed by atoms with Gasteiger partial charge in [0.1, 0.15) is 12.6 Å². The molecule has 1 aromatic carbocycles. The molecule has 0 aromatic heterocycles. The fraction of sp³-hybridized carbons (Fsp3) is 0.467. The Bertz CT molecular complexity index is 546. The van der Waals surface area contributed by atoms with Crippen LogP contribution in [0.25, 0.3) is 0 Å². The third kappa shape index (κ3) is 2.30. The molecule has 5 heteroatoms. The first kappa shape index (κ1) is 13.5. The van der Waals surface area contributed by atoms with Crippen LogP contribution in [0.4, 0.5) is 5.69 Å². The van der Waals surface area contributed by atoms with Crippen molar-refractivity contribution >= 4 is 29.3 Å². The zero-order valence-corrected chi connectivity index (χ0v) is 12.4. The molecule has 1 unspecified atom stereocenters. The number of benzene rings is 1. The van der Waals surface area contributed by atoms with Gasteiger partial charge in [-0.15, -0.1) is 11.8 Å². The molecule has 20 heavy (non-hydrogen) atoms. The van der Waals surface area contributed by atoms with E-state index in [9.17, 15) is 9.59 Å². The minimum Gasteiger partial charge on any atom is -0.329 e. The van der Waals surface area contributed by atoms with Crippen molar-refractivity contribution < 1.29 is 9.59 Å². The molecule has 4 nitrogen and oxygen atoms in total. The molecule has 0 radical (unpaired) electrons. The number of piperidine rings is 1. The maximum atomic E-state index is 12.6. The lowest BCUT2D eigenvalue weighted by atomic mass is 9.98. The number of amides is 2. The lowest BCUT2D eigenvalue weighted by Gasteiger charge is -2.42. The van der Waals surface area contributed by atoms with Gasteiger partial charge in [0, 0.05) is 17.1 Å². The van der Waals surface area contributed by atoms with Gasteiger partial charge in [-0.3, -0.25) is 9.59 Å². The number of nitrogens with zero attached hydrogens (tertiary/aromatic N) is 2. The lowest BCUT2D eigenvalue weighted by Crippen LogP contribution is -2.61. The van der Waals surface area contributed by atoms with Gasteiger partial charge in [0.25, 0.3) is 0 Å². The van der Waals surface area contributed by atoms with Crippen molar-refractivity contribution in [2.24, 2.45) is 0 Å². The molecule has 2 aliphatic heterocycles. The molecular formula is C15H18N2O2S. The van der Waals surface area contributed by atoms with Crippen molar-refractivity contribution in [1.29, 1.82) is 0 Å². The number of carbonyl (C=O) groups excluding carboxylic acids is 2. The van der Waals surface area contributed by atoms with Crippen LogP contribution in [-0.2, 0) is 9.59 Å². The highest BCUT2D eigenvalue weighted by atomic mass is 32.2. The summed E-state index contributed by atoms with van der Waals surface area (Å²) in [5.74, 6) is 0.145. The first-order valence-electron chi connectivity index (χ1n) is 6.95. The highest BCUT2D eigenvalue weighted by molar-refractivity contribution is 7.98. The highest BCUT2D eigenvalue weighted by Gasteiger charge is 2.40. The van der Waals surface area contributed by atoms with Crippen LogP contribution in [0, 0.1) is 0 Å². The monoisotopic (exact) mass is 290 g/mol. The van der Waals surface area contributed by atoms with E-state index in [2.05, 4.69) is 0 Å². The van der Waals surface area contributed by atoms with Crippen molar-refractivity contribution in [3.8, 4) is 0 Å². The summed E-state index contributed by atoms with van der Waals surface area (Å²) in [6.45, 7) is 0.904. The standard InChI is InChI=1S/C15H18N2O2S/c1-20-12-6-4-5-11(9-12)17-10-14(18)16-8-3-2-7-13(16)15(17)19/h4-6,9,13H,2-3,7-8,10H2,1H3. The van der Waals surface area contributed by atoms with Crippen LogP contribution in [0.15, 0.2) is 29.2 Å². The predicted octanol–water partition coefficient (Wildman–Crippen LogP) is 2.14. The Morgan fingerprint density at radius 3 is 2.90 bits per heavy atom. The van der Waals surface area contributed by atoms with Gasteiger partial charge in [-0.2, -0.15) is 0 Å². The van der Waals surface area contributed by atoms with Gasteiger partial charge in [-0.25, -0.2) is 0 Å². The molecular weight excluding hydrogens is 272 g/mol. The summed E-state index contributed by atoms with van der Waals surface area (Å²) < 4.78 is 0. The van der Waals surface area contributed by atoms with Gasteiger partial charge in [-0.1, -0.05) is 6.07 Å². The predicted molar refractivity (Wildman–Crippen MR) is 79.9 cm³/mol. The summed E-state index contributed by atoms with van der Waals surface area (Å²) >= 11 is 1.64. The molecule has 1 atom stereocenters. The van der Waals surface area contributed by atoms with Crippen molar-refractivity contribution in [1.82, 2.24) is 4.90 Å². The molecule has 0 spiro atoms. The first-order valence-corrected chi connectivity index (χ1v) is 8.18. The quantitative estimate of drug-likeness (QED) is 0.784. The van der Waals surface area contributed by atoms with Crippen LogP contribution >= 0.6 is 11.8 Å². The number of piperazine rings is 1. The van der Waals surface area contributed by atoms with Gasteiger partial charge in [0.05, 0.1) is 0 Å². The molecule has 0 bridgehead atoms. The van der Waals surface area contributed by atoms with Crippen molar-refractivity contribution in [2.45, 2.75) is 30.2 Å². The smallest absolute Gasteiger partial charge is 0.250 e. The van der Waals surface area contributed by atoms with E-state index in [4.69, 9.17) is 0 Å². The van der Waals surface area contributed by atoms with E-state index in [1.807, 2.05) is 30.5 Å². The van der Waals surface area contributed by atoms with Gasteiger partial charge < -0.3 is 9.80 Å². The molecule has 2 aliphatic rings. The number of rotatable bonds is 2. The summed E-state index contributed by atoms with van der Waals surface area (Å²) in [6, 6.07) is 7.59. The number of fused-ring (bicyclic) bond motifs is 1. The van der Waals surface area contributed by atoms with E-state index < -0.39 is 0 Å². The van der Waals surface area contributed by atoms with Gasteiger partial charge in [0.15, 0.2) is 0 Å². The number of hydrogen-bond acceptors (Lipinski definition) is 3. The third-order valence-corrected chi connectivity index (χ3v) is 4.76. The molecule has 0 N–H and O–H groups in total. The molecule has 2 fully saturated rings. The summed E-state index contributed by atoms with van der Waals surface area (Å²) in [6.07, 6.45) is 4.84. The molecule has 106 valence electrons. The van der Waals surface area contributed by atoms with Crippen molar-refractivity contribution in [3.63, 3.8) is 0 Å². The molecule has 2 saturated heterocycles. The molecule has 0 aliphatic carbocycles. The topological polar surface area (TPSA) is 40.6 Å². The van der Waals surface area contributed by atoms with Crippen LogP contribution in [0.2, 0.25) is 0 Å².